The Morgan fingerprint density at radius 2 is 1.65 bits per heavy atom. The van der Waals surface area contributed by atoms with Crippen LogP contribution in [0.1, 0.15) is 24.1 Å². The predicted octanol–water partition coefficient (Wildman–Crippen LogP) is 5.20. The highest BCUT2D eigenvalue weighted by atomic mass is 35.5. The van der Waals surface area contributed by atoms with E-state index in [9.17, 15) is 5.11 Å². The normalized spacial score (nSPS) is 12.8. The van der Waals surface area contributed by atoms with Gasteiger partial charge in [-0.05, 0) is 41.9 Å². The Balaban J connectivity index is 0.00000272. The van der Waals surface area contributed by atoms with Crippen molar-refractivity contribution in [1.82, 2.24) is 9.88 Å². The molecule has 2 atom stereocenters. The SMILES string of the molecule is CCNC[C@@H](O)[C@H](c1ccccc1)n1ccc2cc(OCc3ccccc3)ccc21.Cl. The number of benzene rings is 3. The van der Waals surface area contributed by atoms with Crippen LogP contribution in [0.25, 0.3) is 10.9 Å². The van der Waals surface area contributed by atoms with Crippen molar-refractivity contribution in [2.75, 3.05) is 13.1 Å². The molecule has 1 heterocycles. The first-order chi connectivity index (χ1) is 14.8. The Morgan fingerprint density at radius 3 is 2.35 bits per heavy atom. The van der Waals surface area contributed by atoms with E-state index in [1.807, 2.05) is 49.4 Å². The van der Waals surface area contributed by atoms with Crippen molar-refractivity contribution in [3.63, 3.8) is 0 Å². The maximum Gasteiger partial charge on any atom is 0.120 e. The van der Waals surface area contributed by atoms with Crippen LogP contribution < -0.4 is 10.1 Å². The van der Waals surface area contributed by atoms with Crippen LogP contribution >= 0.6 is 12.4 Å². The zero-order valence-electron chi connectivity index (χ0n) is 17.6. The lowest BCUT2D eigenvalue weighted by molar-refractivity contribution is 0.130. The van der Waals surface area contributed by atoms with Crippen LogP contribution in [0.2, 0.25) is 0 Å². The Kier molecular flexibility index (Phi) is 8.13. The fraction of sp³-hybridized carbons (Fsp3) is 0.231. The summed E-state index contributed by atoms with van der Waals surface area (Å²) in [4.78, 5) is 0. The summed E-state index contributed by atoms with van der Waals surface area (Å²) in [5, 5.41) is 15.3. The van der Waals surface area contributed by atoms with E-state index >= 15 is 0 Å². The average Bonchev–Trinajstić information content (AvgIpc) is 3.21. The van der Waals surface area contributed by atoms with E-state index in [1.165, 1.54) is 0 Å². The molecule has 2 N–H and O–H groups in total. The lowest BCUT2D eigenvalue weighted by Crippen LogP contribution is -2.34. The van der Waals surface area contributed by atoms with Gasteiger partial charge in [-0.1, -0.05) is 67.6 Å². The molecule has 0 amide bonds. The van der Waals surface area contributed by atoms with Crippen LogP contribution in [-0.2, 0) is 6.61 Å². The van der Waals surface area contributed by atoms with Crippen molar-refractivity contribution in [1.29, 1.82) is 0 Å². The molecule has 162 valence electrons. The van der Waals surface area contributed by atoms with Crippen molar-refractivity contribution in [2.24, 2.45) is 0 Å². The van der Waals surface area contributed by atoms with Crippen LogP contribution in [0.4, 0.5) is 0 Å². The number of nitrogens with zero attached hydrogens (tertiary/aromatic N) is 1. The fourth-order valence-electron chi connectivity index (χ4n) is 3.84. The summed E-state index contributed by atoms with van der Waals surface area (Å²) < 4.78 is 8.15. The zero-order valence-corrected chi connectivity index (χ0v) is 18.5. The van der Waals surface area contributed by atoms with Crippen molar-refractivity contribution >= 4 is 23.3 Å². The van der Waals surface area contributed by atoms with Crippen LogP contribution in [0.3, 0.4) is 0 Å². The maximum atomic E-state index is 11.0. The van der Waals surface area contributed by atoms with Crippen LogP contribution in [0, 0.1) is 0 Å². The van der Waals surface area contributed by atoms with Gasteiger partial charge in [-0.25, -0.2) is 0 Å². The third-order valence-corrected chi connectivity index (χ3v) is 5.35. The Morgan fingerprint density at radius 1 is 0.935 bits per heavy atom. The molecule has 0 unspecified atom stereocenters. The number of hydrogen-bond donors (Lipinski definition) is 2. The zero-order chi connectivity index (χ0) is 20.8. The minimum absolute atomic E-state index is 0. The lowest BCUT2D eigenvalue weighted by atomic mass is 10.0. The van der Waals surface area contributed by atoms with E-state index in [4.69, 9.17) is 4.74 Å². The highest BCUT2D eigenvalue weighted by Gasteiger charge is 2.23. The van der Waals surface area contributed by atoms with Crippen molar-refractivity contribution in [3.05, 3.63) is 102 Å². The molecule has 0 saturated heterocycles. The van der Waals surface area contributed by atoms with Gasteiger partial charge in [0.15, 0.2) is 0 Å². The van der Waals surface area contributed by atoms with E-state index in [2.05, 4.69) is 58.5 Å². The standard InChI is InChI=1S/C26H28N2O2.ClH/c1-2-27-18-25(29)26(21-11-7-4-8-12-21)28-16-15-22-17-23(13-14-24(22)28)30-19-20-9-5-3-6-10-20;/h3-17,25-27,29H,2,18-19H2,1H3;1H/t25-,26+;/m1./s1. The van der Waals surface area contributed by atoms with E-state index in [-0.39, 0.29) is 18.4 Å². The third kappa shape index (κ3) is 5.47. The summed E-state index contributed by atoms with van der Waals surface area (Å²) >= 11 is 0. The summed E-state index contributed by atoms with van der Waals surface area (Å²) in [6, 6.07) is 28.4. The number of nitrogens with one attached hydrogen (secondary N) is 1. The van der Waals surface area contributed by atoms with Gasteiger partial charge in [0.25, 0.3) is 0 Å². The molecule has 3 aromatic carbocycles. The third-order valence-electron chi connectivity index (χ3n) is 5.35. The van der Waals surface area contributed by atoms with E-state index in [0.717, 1.165) is 34.3 Å². The average molecular weight is 437 g/mol. The Hall–Kier alpha value is -2.79. The second-order valence-corrected chi connectivity index (χ2v) is 7.45. The molecule has 0 aliphatic rings. The van der Waals surface area contributed by atoms with E-state index in [1.54, 1.807) is 0 Å². The van der Waals surface area contributed by atoms with E-state index in [0.29, 0.717) is 13.2 Å². The highest BCUT2D eigenvalue weighted by Crippen LogP contribution is 2.30. The molecule has 0 aliphatic heterocycles. The molecule has 4 nitrogen and oxygen atoms in total. The molecule has 0 fully saturated rings. The highest BCUT2D eigenvalue weighted by molar-refractivity contribution is 5.85. The van der Waals surface area contributed by atoms with Gasteiger partial charge >= 0.3 is 0 Å². The molecule has 0 saturated carbocycles. The number of hydrogen-bond acceptors (Lipinski definition) is 3. The summed E-state index contributed by atoms with van der Waals surface area (Å²) in [6.07, 6.45) is 1.51. The molecular formula is C26H29ClN2O2. The van der Waals surface area contributed by atoms with Gasteiger partial charge in [0.2, 0.25) is 0 Å². The van der Waals surface area contributed by atoms with E-state index < -0.39 is 6.10 Å². The van der Waals surface area contributed by atoms with Crippen LogP contribution in [0.15, 0.2) is 91.1 Å². The van der Waals surface area contributed by atoms with Gasteiger partial charge in [0, 0.05) is 23.6 Å². The summed E-state index contributed by atoms with van der Waals surface area (Å²) in [5.41, 5.74) is 3.31. The van der Waals surface area contributed by atoms with Gasteiger partial charge < -0.3 is 19.7 Å². The maximum absolute atomic E-state index is 11.0. The smallest absolute Gasteiger partial charge is 0.120 e. The summed E-state index contributed by atoms with van der Waals surface area (Å²) in [6.45, 7) is 3.95. The van der Waals surface area contributed by atoms with Crippen LogP contribution in [0.5, 0.6) is 5.75 Å². The Bertz CT molecular complexity index is 1070. The molecule has 0 radical (unpaired) electrons. The monoisotopic (exact) mass is 436 g/mol. The first-order valence-electron chi connectivity index (χ1n) is 10.5. The molecule has 0 spiro atoms. The van der Waals surface area contributed by atoms with Gasteiger partial charge in [-0.15, -0.1) is 12.4 Å². The molecule has 1 aromatic heterocycles. The molecule has 0 aliphatic carbocycles. The van der Waals surface area contributed by atoms with Crippen molar-refractivity contribution in [2.45, 2.75) is 25.7 Å². The first-order valence-corrected chi connectivity index (χ1v) is 10.5. The summed E-state index contributed by atoms with van der Waals surface area (Å²) in [5.74, 6) is 0.841. The number of ether oxygens (including phenoxy) is 1. The first kappa shape index (κ1) is 22.9. The summed E-state index contributed by atoms with van der Waals surface area (Å²) in [7, 11) is 0. The number of aliphatic hydroxyl groups is 1. The van der Waals surface area contributed by atoms with Crippen molar-refractivity contribution < 1.29 is 9.84 Å². The topological polar surface area (TPSA) is 46.4 Å². The molecular weight excluding hydrogens is 408 g/mol. The number of halogens is 1. The molecule has 4 aromatic rings. The predicted molar refractivity (Wildman–Crippen MR) is 129 cm³/mol. The van der Waals surface area contributed by atoms with Gasteiger partial charge in [-0.3, -0.25) is 0 Å². The number of fused-ring (bicyclic) bond motifs is 1. The largest absolute Gasteiger partial charge is 0.489 e. The van der Waals surface area contributed by atoms with Crippen LogP contribution in [-0.4, -0.2) is 28.9 Å². The van der Waals surface area contributed by atoms with Gasteiger partial charge in [0.05, 0.1) is 12.1 Å². The molecule has 0 bridgehead atoms. The minimum atomic E-state index is -0.544. The second kappa shape index (κ2) is 11.0. The number of rotatable bonds is 9. The van der Waals surface area contributed by atoms with Crippen molar-refractivity contribution in [3.8, 4) is 5.75 Å². The fourth-order valence-corrected chi connectivity index (χ4v) is 3.84. The molecule has 31 heavy (non-hydrogen) atoms. The molecule has 5 heteroatoms. The number of aliphatic hydroxyl groups excluding tert-OH is 1. The minimum Gasteiger partial charge on any atom is -0.489 e. The molecule has 4 rings (SSSR count). The quantitative estimate of drug-likeness (QED) is 0.379. The van der Waals surface area contributed by atoms with Gasteiger partial charge in [-0.2, -0.15) is 0 Å². The number of aromatic nitrogens is 1. The Labute approximate surface area is 189 Å². The van der Waals surface area contributed by atoms with Gasteiger partial charge in [0.1, 0.15) is 12.4 Å². The lowest BCUT2D eigenvalue weighted by Gasteiger charge is -2.26. The second-order valence-electron chi connectivity index (χ2n) is 7.45. The number of likely N-dealkylation sites (N-methyl/N-ethyl adjacent to an activating group) is 1.